The number of carbonyl (C=O) groups is 2. The maximum absolute atomic E-state index is 13.8. The molecule has 4 nitrogen and oxygen atoms in total. The predicted octanol–water partition coefficient (Wildman–Crippen LogP) is 8.01. The molecule has 1 atom stereocenters. The number of esters is 2. The minimum absolute atomic E-state index is 0.0515. The number of carbonyl (C=O) groups excluding carboxylic acids is 2. The summed E-state index contributed by atoms with van der Waals surface area (Å²) < 4.78 is 77.2. The minimum Gasteiger partial charge on any atom is -0.466 e. The van der Waals surface area contributed by atoms with Gasteiger partial charge in [-0.2, -0.15) is 0 Å². The molecule has 0 spiro atoms. The zero-order valence-electron chi connectivity index (χ0n) is 20.7. The van der Waals surface area contributed by atoms with Crippen molar-refractivity contribution in [2.45, 2.75) is 110 Å². The third-order valence-corrected chi connectivity index (χ3v) is 5.73. The fraction of sp³-hybridized carbons (Fsp3) is 0.692. The molecule has 0 aliphatic heterocycles. The van der Waals surface area contributed by atoms with E-state index in [-0.39, 0.29) is 19.3 Å². The maximum Gasteiger partial charge on any atom is 0.306 e. The highest BCUT2D eigenvalue weighted by Gasteiger charge is 2.30. The summed E-state index contributed by atoms with van der Waals surface area (Å²) in [7, 11) is 0. The average Bonchev–Trinajstić information content (AvgIpc) is 2.82. The molecule has 0 fully saturated rings. The summed E-state index contributed by atoms with van der Waals surface area (Å²) in [5, 5.41) is 0. The fourth-order valence-electron chi connectivity index (χ4n) is 3.70. The van der Waals surface area contributed by atoms with Crippen LogP contribution in [0, 0.1) is 29.1 Å². The second kappa shape index (κ2) is 17.3. The van der Waals surface area contributed by atoms with Gasteiger partial charge in [0.15, 0.2) is 23.3 Å². The largest absolute Gasteiger partial charge is 0.466 e. The van der Waals surface area contributed by atoms with Crippen LogP contribution in [-0.4, -0.2) is 18.5 Å². The van der Waals surface area contributed by atoms with Crippen molar-refractivity contribution >= 4 is 11.9 Å². The highest BCUT2D eigenvalue weighted by Crippen LogP contribution is 2.29. The van der Waals surface area contributed by atoms with E-state index >= 15 is 0 Å². The standard InChI is InChI=1S/C26H37F5O4/c1-3-4-5-6-7-8-9-10-11-12-13-17-34-19(32)15-14-16-20(33)35-18(2)21-22(27)24(29)26(31)25(30)23(21)28/h18H,3-17H2,1-2H3. The summed E-state index contributed by atoms with van der Waals surface area (Å²) >= 11 is 0. The molecule has 0 aliphatic carbocycles. The molecule has 0 radical (unpaired) electrons. The van der Waals surface area contributed by atoms with Gasteiger partial charge in [-0.05, 0) is 19.8 Å². The summed E-state index contributed by atoms with van der Waals surface area (Å²) in [6.45, 7) is 3.51. The Labute approximate surface area is 204 Å². The van der Waals surface area contributed by atoms with Crippen molar-refractivity contribution in [3.8, 4) is 0 Å². The number of hydrogen-bond donors (Lipinski definition) is 0. The Morgan fingerprint density at radius 3 is 1.57 bits per heavy atom. The number of benzene rings is 1. The van der Waals surface area contributed by atoms with Crippen molar-refractivity contribution in [2.24, 2.45) is 0 Å². The molecule has 200 valence electrons. The first-order chi connectivity index (χ1) is 16.7. The van der Waals surface area contributed by atoms with Crippen molar-refractivity contribution in [1.29, 1.82) is 0 Å². The lowest BCUT2D eigenvalue weighted by atomic mass is 10.1. The molecule has 0 saturated heterocycles. The van der Waals surface area contributed by atoms with Gasteiger partial charge in [0.05, 0.1) is 12.2 Å². The van der Waals surface area contributed by atoms with Crippen LogP contribution in [0.25, 0.3) is 0 Å². The van der Waals surface area contributed by atoms with Crippen molar-refractivity contribution < 1.29 is 41.0 Å². The molecule has 1 rings (SSSR count). The third-order valence-electron chi connectivity index (χ3n) is 5.73. The van der Waals surface area contributed by atoms with Crippen molar-refractivity contribution in [3.63, 3.8) is 0 Å². The van der Waals surface area contributed by atoms with E-state index in [4.69, 9.17) is 9.47 Å². The van der Waals surface area contributed by atoms with Gasteiger partial charge in [0, 0.05) is 12.8 Å². The van der Waals surface area contributed by atoms with Gasteiger partial charge in [-0.25, -0.2) is 22.0 Å². The SMILES string of the molecule is CCCCCCCCCCCCCOC(=O)CCCC(=O)OC(C)c1c(F)c(F)c(F)c(F)c1F. The first-order valence-electron chi connectivity index (χ1n) is 12.6. The van der Waals surface area contributed by atoms with E-state index in [1.807, 2.05) is 0 Å². The molecular formula is C26H37F5O4. The van der Waals surface area contributed by atoms with Gasteiger partial charge in [0.25, 0.3) is 0 Å². The second-order valence-electron chi connectivity index (χ2n) is 8.73. The molecule has 0 bridgehead atoms. The van der Waals surface area contributed by atoms with E-state index in [2.05, 4.69) is 6.92 Å². The Morgan fingerprint density at radius 1 is 0.629 bits per heavy atom. The smallest absolute Gasteiger partial charge is 0.306 e. The summed E-state index contributed by atoms with van der Waals surface area (Å²) in [6, 6.07) is 0. The maximum atomic E-state index is 13.8. The Balaban J connectivity index is 2.15. The lowest BCUT2D eigenvalue weighted by Crippen LogP contribution is -2.15. The summed E-state index contributed by atoms with van der Waals surface area (Å²) in [5.41, 5.74) is -1.22. The highest BCUT2D eigenvalue weighted by molar-refractivity contribution is 5.72. The Bertz CT molecular complexity index is 771. The normalized spacial score (nSPS) is 12.0. The first-order valence-corrected chi connectivity index (χ1v) is 12.6. The Morgan fingerprint density at radius 2 is 1.06 bits per heavy atom. The molecule has 0 aliphatic rings. The summed E-state index contributed by atoms with van der Waals surface area (Å²) in [5.74, 6) is -12.0. The van der Waals surface area contributed by atoms with Gasteiger partial charge in [-0.15, -0.1) is 0 Å². The molecule has 1 aromatic carbocycles. The van der Waals surface area contributed by atoms with E-state index in [9.17, 15) is 31.5 Å². The van der Waals surface area contributed by atoms with Crippen LogP contribution < -0.4 is 0 Å². The number of rotatable bonds is 18. The monoisotopic (exact) mass is 508 g/mol. The molecule has 0 heterocycles. The van der Waals surface area contributed by atoms with E-state index in [0.29, 0.717) is 6.61 Å². The predicted molar refractivity (Wildman–Crippen MR) is 122 cm³/mol. The average molecular weight is 509 g/mol. The van der Waals surface area contributed by atoms with Crippen LogP contribution in [0.15, 0.2) is 0 Å². The van der Waals surface area contributed by atoms with Crippen molar-refractivity contribution in [1.82, 2.24) is 0 Å². The Kier molecular flexibility index (Phi) is 15.2. The molecule has 1 unspecified atom stereocenters. The molecule has 35 heavy (non-hydrogen) atoms. The number of ether oxygens (including phenoxy) is 2. The highest BCUT2D eigenvalue weighted by atomic mass is 19.2. The molecule has 1 aromatic rings. The molecular weight excluding hydrogens is 471 g/mol. The topological polar surface area (TPSA) is 52.6 Å². The van der Waals surface area contributed by atoms with Crippen LogP contribution >= 0.6 is 0 Å². The van der Waals surface area contributed by atoms with E-state index in [1.165, 1.54) is 51.4 Å². The zero-order valence-corrected chi connectivity index (χ0v) is 20.7. The van der Waals surface area contributed by atoms with Crippen LogP contribution in [0.1, 0.15) is 115 Å². The molecule has 9 heteroatoms. The van der Waals surface area contributed by atoms with Crippen LogP contribution in [-0.2, 0) is 19.1 Å². The summed E-state index contributed by atoms with van der Waals surface area (Å²) in [4.78, 5) is 23.6. The van der Waals surface area contributed by atoms with E-state index < -0.39 is 52.7 Å². The molecule has 0 aromatic heterocycles. The van der Waals surface area contributed by atoms with Gasteiger partial charge in [0.1, 0.15) is 6.10 Å². The first kappa shape index (κ1) is 30.8. The van der Waals surface area contributed by atoms with Crippen LogP contribution in [0.2, 0.25) is 0 Å². The minimum atomic E-state index is -2.28. The Hall–Kier alpha value is -2.19. The van der Waals surface area contributed by atoms with E-state index in [1.54, 1.807) is 0 Å². The lowest BCUT2D eigenvalue weighted by Gasteiger charge is -2.16. The quantitative estimate of drug-likeness (QED) is 0.0663. The number of unbranched alkanes of at least 4 members (excludes halogenated alkanes) is 10. The van der Waals surface area contributed by atoms with Crippen molar-refractivity contribution in [2.75, 3.05) is 6.61 Å². The number of hydrogen-bond acceptors (Lipinski definition) is 4. The second-order valence-corrected chi connectivity index (χ2v) is 8.73. The van der Waals surface area contributed by atoms with Gasteiger partial charge < -0.3 is 9.47 Å². The van der Waals surface area contributed by atoms with Gasteiger partial charge >= 0.3 is 11.9 Å². The van der Waals surface area contributed by atoms with Crippen LogP contribution in [0.5, 0.6) is 0 Å². The van der Waals surface area contributed by atoms with Crippen molar-refractivity contribution in [3.05, 3.63) is 34.6 Å². The zero-order chi connectivity index (χ0) is 26.2. The fourth-order valence-corrected chi connectivity index (χ4v) is 3.70. The lowest BCUT2D eigenvalue weighted by molar-refractivity contribution is -0.149. The third kappa shape index (κ3) is 11.4. The summed E-state index contributed by atoms with van der Waals surface area (Å²) in [6.07, 6.45) is 11.1. The van der Waals surface area contributed by atoms with Crippen LogP contribution in [0.3, 0.4) is 0 Å². The number of halogens is 5. The van der Waals surface area contributed by atoms with E-state index in [0.717, 1.165) is 26.2 Å². The molecule has 0 N–H and O–H groups in total. The van der Waals surface area contributed by atoms with Gasteiger partial charge in [-0.3, -0.25) is 9.59 Å². The molecule has 0 amide bonds. The van der Waals surface area contributed by atoms with Crippen LogP contribution in [0.4, 0.5) is 22.0 Å². The van der Waals surface area contributed by atoms with Gasteiger partial charge in [-0.1, -0.05) is 71.1 Å². The van der Waals surface area contributed by atoms with Gasteiger partial charge in [0.2, 0.25) is 5.82 Å². The molecule has 0 saturated carbocycles.